The molecule has 2 N–H and O–H groups in total. The van der Waals surface area contributed by atoms with Crippen molar-refractivity contribution in [1.82, 2.24) is 14.9 Å². The van der Waals surface area contributed by atoms with Gasteiger partial charge >= 0.3 is 5.97 Å². The minimum absolute atomic E-state index is 0.0637. The Morgan fingerprint density at radius 2 is 1.55 bits per heavy atom. The third-order valence-electron chi connectivity index (χ3n) is 4.62. The van der Waals surface area contributed by atoms with E-state index in [0.717, 1.165) is 0 Å². The number of nitrogens with zero attached hydrogens (tertiary/aromatic N) is 1. The summed E-state index contributed by atoms with van der Waals surface area (Å²) in [6.07, 6.45) is 0. The highest BCUT2D eigenvalue weighted by molar-refractivity contribution is 7.89. The van der Waals surface area contributed by atoms with Crippen LogP contribution in [0.15, 0.2) is 53.4 Å². The highest BCUT2D eigenvalue weighted by atomic mass is 32.2. The molecule has 2 aromatic rings. The van der Waals surface area contributed by atoms with E-state index in [2.05, 4.69) is 10.6 Å². The number of ether oxygens (including phenoxy) is 1. The first-order valence-corrected chi connectivity index (χ1v) is 11.7. The van der Waals surface area contributed by atoms with Crippen molar-refractivity contribution in [3.8, 4) is 0 Å². The lowest BCUT2D eigenvalue weighted by Crippen LogP contribution is -2.34. The molecule has 0 aliphatic rings. The number of rotatable bonds is 11. The van der Waals surface area contributed by atoms with Crippen LogP contribution in [0.5, 0.6) is 0 Å². The van der Waals surface area contributed by atoms with Crippen molar-refractivity contribution < 1.29 is 31.9 Å². The van der Waals surface area contributed by atoms with Gasteiger partial charge in [-0.3, -0.25) is 14.4 Å². The number of halogens is 1. The zero-order valence-electron chi connectivity index (χ0n) is 18.3. The summed E-state index contributed by atoms with van der Waals surface area (Å²) < 4.78 is 43.9. The van der Waals surface area contributed by atoms with Gasteiger partial charge in [0.2, 0.25) is 10.0 Å². The fourth-order valence-corrected chi connectivity index (χ4v) is 4.25. The molecule has 0 spiro atoms. The van der Waals surface area contributed by atoms with E-state index >= 15 is 0 Å². The van der Waals surface area contributed by atoms with Crippen LogP contribution in [0.1, 0.15) is 29.8 Å². The maximum absolute atomic E-state index is 12.9. The number of nitrogens with one attached hydrogen (secondary N) is 2. The highest BCUT2D eigenvalue weighted by Crippen LogP contribution is 2.16. The average Bonchev–Trinajstić information content (AvgIpc) is 2.81. The van der Waals surface area contributed by atoms with Crippen molar-refractivity contribution in [2.75, 3.05) is 26.2 Å². The number of carbonyl (C=O) groups excluding carboxylic acids is 3. The second-order valence-corrected chi connectivity index (χ2v) is 8.80. The summed E-state index contributed by atoms with van der Waals surface area (Å²) in [6, 6.07) is 10.9. The first-order valence-electron chi connectivity index (χ1n) is 10.2. The largest absolute Gasteiger partial charge is 0.454 e. The lowest BCUT2D eigenvalue weighted by atomic mass is 10.2. The van der Waals surface area contributed by atoms with E-state index in [1.54, 1.807) is 13.8 Å². The first kappa shape index (κ1) is 25.9. The summed E-state index contributed by atoms with van der Waals surface area (Å²) >= 11 is 0. The highest BCUT2D eigenvalue weighted by Gasteiger charge is 2.21. The van der Waals surface area contributed by atoms with Crippen LogP contribution >= 0.6 is 0 Å². The van der Waals surface area contributed by atoms with Gasteiger partial charge in [0.1, 0.15) is 12.4 Å². The van der Waals surface area contributed by atoms with E-state index in [1.165, 1.54) is 52.8 Å². The standard InChI is InChI=1S/C22H26FN3O6S/c1-3-26(4-2)33(30,31)19-11-7-17(8-12-19)22(29)25-14-21(28)32-15-20(27)24-13-16-5-9-18(23)10-6-16/h5-12H,3-4,13-15H2,1-2H3,(H,24,27)(H,25,29). The summed E-state index contributed by atoms with van der Waals surface area (Å²) in [5.74, 6) is -2.36. The molecule has 0 heterocycles. The number of hydrogen-bond acceptors (Lipinski definition) is 6. The van der Waals surface area contributed by atoms with E-state index in [4.69, 9.17) is 4.74 Å². The van der Waals surface area contributed by atoms with Gasteiger partial charge < -0.3 is 15.4 Å². The van der Waals surface area contributed by atoms with Crippen LogP contribution in [-0.2, 0) is 30.9 Å². The van der Waals surface area contributed by atoms with Crippen molar-refractivity contribution >= 4 is 27.8 Å². The normalized spacial score (nSPS) is 11.2. The van der Waals surface area contributed by atoms with E-state index in [-0.39, 0.29) is 22.8 Å². The van der Waals surface area contributed by atoms with E-state index in [1.807, 2.05) is 0 Å². The fraction of sp³-hybridized carbons (Fsp3) is 0.318. The molecular formula is C22H26FN3O6S. The lowest BCUT2D eigenvalue weighted by molar-refractivity contribution is -0.147. The van der Waals surface area contributed by atoms with E-state index < -0.39 is 41.0 Å². The van der Waals surface area contributed by atoms with E-state index in [0.29, 0.717) is 18.7 Å². The van der Waals surface area contributed by atoms with Gasteiger partial charge in [-0.05, 0) is 42.0 Å². The van der Waals surface area contributed by atoms with Gasteiger partial charge in [0.05, 0.1) is 4.90 Å². The molecule has 178 valence electrons. The van der Waals surface area contributed by atoms with Gasteiger partial charge in [0, 0.05) is 25.2 Å². The topological polar surface area (TPSA) is 122 Å². The summed E-state index contributed by atoms with van der Waals surface area (Å²) in [4.78, 5) is 35.8. The Morgan fingerprint density at radius 3 is 2.12 bits per heavy atom. The molecule has 0 unspecified atom stereocenters. The quantitative estimate of drug-likeness (QED) is 0.471. The molecular weight excluding hydrogens is 453 g/mol. The monoisotopic (exact) mass is 479 g/mol. The van der Waals surface area contributed by atoms with Gasteiger partial charge in [-0.15, -0.1) is 0 Å². The predicted molar refractivity (Wildman–Crippen MR) is 118 cm³/mol. The Morgan fingerprint density at radius 1 is 0.939 bits per heavy atom. The van der Waals surface area contributed by atoms with Gasteiger partial charge in [0.15, 0.2) is 6.61 Å². The summed E-state index contributed by atoms with van der Waals surface area (Å²) in [6.45, 7) is 3.26. The molecule has 11 heteroatoms. The molecule has 0 fully saturated rings. The first-order chi connectivity index (χ1) is 15.7. The molecule has 2 amide bonds. The number of benzene rings is 2. The van der Waals surface area contributed by atoms with Crippen LogP contribution in [-0.4, -0.2) is 56.7 Å². The van der Waals surface area contributed by atoms with Crippen molar-refractivity contribution in [3.63, 3.8) is 0 Å². The summed E-state index contributed by atoms with van der Waals surface area (Å²) in [7, 11) is -3.64. The van der Waals surface area contributed by atoms with Crippen LogP contribution in [0.25, 0.3) is 0 Å². The fourth-order valence-electron chi connectivity index (χ4n) is 2.80. The van der Waals surface area contributed by atoms with Crippen molar-refractivity contribution in [2.24, 2.45) is 0 Å². The van der Waals surface area contributed by atoms with Crippen molar-refractivity contribution in [3.05, 3.63) is 65.5 Å². The summed E-state index contributed by atoms with van der Waals surface area (Å²) in [5, 5.41) is 4.87. The molecule has 0 atom stereocenters. The molecule has 0 aliphatic carbocycles. The van der Waals surface area contributed by atoms with Gasteiger partial charge in [0.25, 0.3) is 11.8 Å². The molecule has 0 saturated heterocycles. The zero-order chi connectivity index (χ0) is 24.4. The van der Waals surface area contributed by atoms with Gasteiger partial charge in [-0.1, -0.05) is 26.0 Å². The average molecular weight is 480 g/mol. The minimum Gasteiger partial charge on any atom is -0.454 e. The Bertz CT molecular complexity index is 1070. The minimum atomic E-state index is -3.64. The number of sulfonamides is 1. The Hall–Kier alpha value is -3.31. The number of amides is 2. The third kappa shape index (κ3) is 7.65. The van der Waals surface area contributed by atoms with Crippen LogP contribution < -0.4 is 10.6 Å². The number of hydrogen-bond donors (Lipinski definition) is 2. The molecule has 0 aliphatic heterocycles. The van der Waals surface area contributed by atoms with Crippen molar-refractivity contribution in [2.45, 2.75) is 25.3 Å². The molecule has 2 aromatic carbocycles. The molecule has 2 rings (SSSR count). The molecule has 33 heavy (non-hydrogen) atoms. The second kappa shape index (κ2) is 12.1. The Labute approximate surface area is 192 Å². The van der Waals surface area contributed by atoms with Crippen LogP contribution in [0.2, 0.25) is 0 Å². The van der Waals surface area contributed by atoms with Crippen molar-refractivity contribution in [1.29, 1.82) is 0 Å². The maximum Gasteiger partial charge on any atom is 0.325 e. The molecule has 0 bridgehead atoms. The van der Waals surface area contributed by atoms with Gasteiger partial charge in [-0.25, -0.2) is 12.8 Å². The Kier molecular flexibility index (Phi) is 9.49. The van der Waals surface area contributed by atoms with Crippen LogP contribution in [0.3, 0.4) is 0 Å². The zero-order valence-corrected chi connectivity index (χ0v) is 19.2. The number of esters is 1. The molecule has 0 aromatic heterocycles. The third-order valence-corrected chi connectivity index (χ3v) is 6.68. The molecule has 0 radical (unpaired) electrons. The van der Waals surface area contributed by atoms with E-state index in [9.17, 15) is 27.2 Å². The smallest absolute Gasteiger partial charge is 0.325 e. The Balaban J connectivity index is 1.77. The van der Waals surface area contributed by atoms with Crippen LogP contribution in [0, 0.1) is 5.82 Å². The predicted octanol–water partition coefficient (Wildman–Crippen LogP) is 1.45. The molecule has 0 saturated carbocycles. The lowest BCUT2D eigenvalue weighted by Gasteiger charge is -2.18. The maximum atomic E-state index is 12.9. The van der Waals surface area contributed by atoms with Crippen LogP contribution in [0.4, 0.5) is 4.39 Å². The summed E-state index contributed by atoms with van der Waals surface area (Å²) in [5.41, 5.74) is 0.845. The van der Waals surface area contributed by atoms with Gasteiger partial charge in [-0.2, -0.15) is 4.31 Å². The SMILES string of the molecule is CCN(CC)S(=O)(=O)c1ccc(C(=O)NCC(=O)OCC(=O)NCc2ccc(F)cc2)cc1. The molecule has 9 nitrogen and oxygen atoms in total. The second-order valence-electron chi connectivity index (χ2n) is 6.86. The number of carbonyl (C=O) groups is 3.